The van der Waals surface area contributed by atoms with E-state index in [1.807, 2.05) is 41.7 Å². The Labute approximate surface area is 132 Å². The molecule has 0 saturated heterocycles. The Morgan fingerprint density at radius 3 is 2.04 bits per heavy atom. The van der Waals surface area contributed by atoms with Crippen molar-refractivity contribution in [1.82, 2.24) is 5.32 Å². The van der Waals surface area contributed by atoms with Crippen molar-refractivity contribution in [3.8, 4) is 0 Å². The van der Waals surface area contributed by atoms with Crippen LogP contribution in [0, 0.1) is 0 Å². The van der Waals surface area contributed by atoms with Crippen LogP contribution in [0.15, 0.2) is 60.7 Å². The molecule has 23 heavy (non-hydrogen) atoms. The summed E-state index contributed by atoms with van der Waals surface area (Å²) in [7, 11) is 0. The highest BCUT2D eigenvalue weighted by Crippen LogP contribution is 2.23. The highest BCUT2D eigenvalue weighted by atomic mass is 19.4. The van der Waals surface area contributed by atoms with Crippen molar-refractivity contribution < 1.29 is 18.0 Å². The molecule has 2 nitrogen and oxygen atoms in total. The van der Waals surface area contributed by atoms with Gasteiger partial charge in [0.25, 0.3) is 0 Å². The van der Waals surface area contributed by atoms with E-state index in [0.29, 0.717) is 5.57 Å². The number of carbonyl (C=O) groups is 1. The van der Waals surface area contributed by atoms with Crippen molar-refractivity contribution in [3.05, 3.63) is 71.8 Å². The number of rotatable bonds is 4. The molecule has 0 bridgehead atoms. The fourth-order valence-corrected chi connectivity index (χ4v) is 2.17. The van der Waals surface area contributed by atoms with Crippen molar-refractivity contribution >= 4 is 17.6 Å². The first kappa shape index (κ1) is 16.8. The molecule has 0 spiro atoms. The molecular weight excluding hydrogens is 303 g/mol. The number of halogens is 3. The Balaban J connectivity index is 2.35. The van der Waals surface area contributed by atoms with Crippen LogP contribution in [-0.2, 0) is 4.79 Å². The Hall–Kier alpha value is -2.56. The maximum Gasteiger partial charge on any atom is 0.471 e. The van der Waals surface area contributed by atoms with Crippen LogP contribution in [0.2, 0.25) is 0 Å². The summed E-state index contributed by atoms with van der Waals surface area (Å²) in [5.74, 6) is -1.94. The van der Waals surface area contributed by atoms with E-state index in [0.717, 1.165) is 11.1 Å². The van der Waals surface area contributed by atoms with Crippen LogP contribution in [0.3, 0.4) is 0 Å². The average molecular weight is 319 g/mol. The van der Waals surface area contributed by atoms with Crippen LogP contribution >= 0.6 is 0 Å². The molecule has 0 radical (unpaired) electrons. The molecule has 0 aliphatic carbocycles. The first-order valence-corrected chi connectivity index (χ1v) is 7.07. The summed E-state index contributed by atoms with van der Waals surface area (Å²) in [5.41, 5.74) is 2.21. The van der Waals surface area contributed by atoms with Gasteiger partial charge < -0.3 is 5.32 Å². The average Bonchev–Trinajstić information content (AvgIpc) is 2.53. The number of alkyl halides is 3. The molecule has 0 unspecified atom stereocenters. The number of nitrogens with one attached hydrogen (secondary N) is 1. The van der Waals surface area contributed by atoms with Gasteiger partial charge in [-0.15, -0.1) is 0 Å². The van der Waals surface area contributed by atoms with Crippen LogP contribution < -0.4 is 5.32 Å². The molecule has 2 rings (SSSR count). The van der Waals surface area contributed by atoms with Crippen molar-refractivity contribution in [2.75, 3.05) is 0 Å². The molecule has 0 saturated carbocycles. The largest absolute Gasteiger partial charge is 0.471 e. The standard InChI is InChI=1S/C18H16F3NO/c1-13(22-17(23)18(19,20)21)16(15-10-6-3-7-11-15)12-14-8-4-2-5-9-14/h2-13H,1H3,(H,22,23)/b16-12-/t13-/m0/s1. The van der Waals surface area contributed by atoms with Gasteiger partial charge in [-0.3, -0.25) is 4.79 Å². The summed E-state index contributed by atoms with van der Waals surface area (Å²) in [6, 6.07) is 17.5. The zero-order valence-electron chi connectivity index (χ0n) is 12.5. The number of hydrogen-bond acceptors (Lipinski definition) is 1. The van der Waals surface area contributed by atoms with Gasteiger partial charge in [-0.05, 0) is 29.7 Å². The second kappa shape index (κ2) is 7.13. The van der Waals surface area contributed by atoms with Crippen LogP contribution in [0.5, 0.6) is 0 Å². The maximum absolute atomic E-state index is 12.5. The Morgan fingerprint density at radius 1 is 1.00 bits per heavy atom. The predicted octanol–water partition coefficient (Wildman–Crippen LogP) is 4.29. The van der Waals surface area contributed by atoms with Crippen LogP contribution in [0.4, 0.5) is 13.2 Å². The molecule has 2 aromatic carbocycles. The number of benzene rings is 2. The van der Waals surface area contributed by atoms with Crippen molar-refractivity contribution in [2.45, 2.75) is 19.1 Å². The van der Waals surface area contributed by atoms with Gasteiger partial charge in [0.15, 0.2) is 0 Å². The molecular formula is C18H16F3NO. The second-order valence-corrected chi connectivity index (χ2v) is 5.07. The van der Waals surface area contributed by atoms with E-state index in [-0.39, 0.29) is 0 Å². The summed E-state index contributed by atoms with van der Waals surface area (Å²) in [4.78, 5) is 11.2. The van der Waals surface area contributed by atoms with E-state index < -0.39 is 18.1 Å². The van der Waals surface area contributed by atoms with Gasteiger partial charge in [0.2, 0.25) is 0 Å². The molecule has 0 aliphatic heterocycles. The van der Waals surface area contributed by atoms with E-state index in [2.05, 4.69) is 0 Å². The Morgan fingerprint density at radius 2 is 1.52 bits per heavy atom. The van der Waals surface area contributed by atoms with Gasteiger partial charge in [-0.1, -0.05) is 60.7 Å². The molecule has 1 amide bonds. The van der Waals surface area contributed by atoms with E-state index in [9.17, 15) is 18.0 Å². The molecule has 0 fully saturated rings. The lowest BCUT2D eigenvalue weighted by Crippen LogP contribution is -2.42. The van der Waals surface area contributed by atoms with E-state index in [4.69, 9.17) is 0 Å². The zero-order valence-corrected chi connectivity index (χ0v) is 12.5. The van der Waals surface area contributed by atoms with Gasteiger partial charge in [-0.25, -0.2) is 0 Å². The number of carbonyl (C=O) groups excluding carboxylic acids is 1. The minimum Gasteiger partial charge on any atom is -0.342 e. The van der Waals surface area contributed by atoms with E-state index in [1.165, 1.54) is 6.92 Å². The first-order chi connectivity index (χ1) is 10.9. The molecule has 0 aromatic heterocycles. The summed E-state index contributed by atoms with van der Waals surface area (Å²) in [5, 5.41) is 2.01. The van der Waals surface area contributed by atoms with Crippen molar-refractivity contribution in [1.29, 1.82) is 0 Å². The molecule has 1 N–H and O–H groups in total. The van der Waals surface area contributed by atoms with Crippen molar-refractivity contribution in [2.24, 2.45) is 0 Å². The zero-order chi connectivity index (χ0) is 16.9. The third-order valence-electron chi connectivity index (χ3n) is 3.30. The molecule has 2 aromatic rings. The third kappa shape index (κ3) is 4.71. The molecule has 120 valence electrons. The molecule has 0 aliphatic rings. The van der Waals surface area contributed by atoms with Gasteiger partial charge in [0.1, 0.15) is 0 Å². The monoisotopic (exact) mass is 319 g/mol. The van der Waals surface area contributed by atoms with Gasteiger partial charge in [0, 0.05) is 0 Å². The minimum atomic E-state index is -4.90. The summed E-state index contributed by atoms with van der Waals surface area (Å²) < 4.78 is 37.4. The molecule has 1 atom stereocenters. The van der Waals surface area contributed by atoms with Gasteiger partial charge in [-0.2, -0.15) is 13.2 Å². The Kier molecular flexibility index (Phi) is 5.21. The van der Waals surface area contributed by atoms with E-state index in [1.54, 1.807) is 30.3 Å². The van der Waals surface area contributed by atoms with Gasteiger partial charge in [0.05, 0.1) is 6.04 Å². The fraction of sp³-hybridized carbons (Fsp3) is 0.167. The SMILES string of the molecule is C[C@H](NC(=O)C(F)(F)F)/C(=C/c1ccccc1)c1ccccc1. The minimum absolute atomic E-state index is 0.606. The fourth-order valence-electron chi connectivity index (χ4n) is 2.17. The van der Waals surface area contributed by atoms with Crippen LogP contribution in [-0.4, -0.2) is 18.1 Å². The highest BCUT2D eigenvalue weighted by molar-refractivity contribution is 5.89. The van der Waals surface area contributed by atoms with Crippen LogP contribution in [0.25, 0.3) is 11.6 Å². The predicted molar refractivity (Wildman–Crippen MR) is 84.4 cm³/mol. The summed E-state index contributed by atoms with van der Waals surface area (Å²) in [6.45, 7) is 1.53. The maximum atomic E-state index is 12.5. The lowest BCUT2D eigenvalue weighted by molar-refractivity contribution is -0.173. The van der Waals surface area contributed by atoms with E-state index >= 15 is 0 Å². The quantitative estimate of drug-likeness (QED) is 0.837. The normalized spacial score (nSPS) is 13.5. The highest BCUT2D eigenvalue weighted by Gasteiger charge is 2.39. The molecule has 5 heteroatoms. The lowest BCUT2D eigenvalue weighted by atomic mass is 9.97. The lowest BCUT2D eigenvalue weighted by Gasteiger charge is -2.19. The topological polar surface area (TPSA) is 29.1 Å². The van der Waals surface area contributed by atoms with Crippen LogP contribution in [0.1, 0.15) is 18.1 Å². The third-order valence-corrected chi connectivity index (χ3v) is 3.30. The molecule has 0 heterocycles. The van der Waals surface area contributed by atoms with Crippen molar-refractivity contribution in [3.63, 3.8) is 0 Å². The number of amides is 1. The second-order valence-electron chi connectivity index (χ2n) is 5.07. The van der Waals surface area contributed by atoms with Gasteiger partial charge >= 0.3 is 12.1 Å². The smallest absolute Gasteiger partial charge is 0.342 e. The summed E-state index contributed by atoms with van der Waals surface area (Å²) >= 11 is 0. The first-order valence-electron chi connectivity index (χ1n) is 7.07. The number of hydrogen-bond donors (Lipinski definition) is 1. The Bertz CT molecular complexity index is 678. The summed E-state index contributed by atoms with van der Waals surface area (Å²) in [6.07, 6.45) is -3.13.